The van der Waals surface area contributed by atoms with Crippen molar-refractivity contribution in [3.8, 4) is 0 Å². The van der Waals surface area contributed by atoms with E-state index in [0.29, 0.717) is 24.4 Å². The zero-order valence-electron chi connectivity index (χ0n) is 12.8. The third-order valence-corrected chi connectivity index (χ3v) is 3.64. The zero-order valence-corrected chi connectivity index (χ0v) is 12.8. The van der Waals surface area contributed by atoms with Crippen LogP contribution < -0.4 is 5.32 Å². The van der Waals surface area contributed by atoms with Crippen LogP contribution in [0.4, 0.5) is 5.69 Å². The third kappa shape index (κ3) is 4.37. The highest BCUT2D eigenvalue weighted by atomic mass is 16.5. The molecule has 1 heterocycles. The maximum absolute atomic E-state index is 12.1. The van der Waals surface area contributed by atoms with Crippen molar-refractivity contribution >= 4 is 17.4 Å². The summed E-state index contributed by atoms with van der Waals surface area (Å²) in [4.78, 5) is 25.6. The van der Waals surface area contributed by atoms with Crippen LogP contribution in [0.5, 0.6) is 0 Å². The molecule has 0 spiro atoms. The van der Waals surface area contributed by atoms with E-state index < -0.39 is 0 Å². The van der Waals surface area contributed by atoms with Gasteiger partial charge in [0.1, 0.15) is 0 Å². The van der Waals surface area contributed by atoms with Crippen molar-refractivity contribution < 1.29 is 14.3 Å². The minimum Gasteiger partial charge on any atom is -0.376 e. The van der Waals surface area contributed by atoms with Crippen LogP contribution in [-0.2, 0) is 9.53 Å². The van der Waals surface area contributed by atoms with Gasteiger partial charge in [-0.1, -0.05) is 12.1 Å². The summed E-state index contributed by atoms with van der Waals surface area (Å²) in [5.41, 5.74) is 1.25. The molecule has 0 radical (unpaired) electrons. The highest BCUT2D eigenvalue weighted by Crippen LogP contribution is 2.13. The summed E-state index contributed by atoms with van der Waals surface area (Å²) in [6.45, 7) is 7.30. The fourth-order valence-corrected chi connectivity index (χ4v) is 2.39. The van der Waals surface area contributed by atoms with Crippen LogP contribution in [0.2, 0.25) is 0 Å². The number of nitrogens with zero attached hydrogens (tertiary/aromatic N) is 1. The van der Waals surface area contributed by atoms with Gasteiger partial charge in [-0.3, -0.25) is 14.5 Å². The highest BCUT2D eigenvalue weighted by Gasteiger charge is 2.25. The Kier molecular flexibility index (Phi) is 5.09. The Morgan fingerprint density at radius 1 is 1.38 bits per heavy atom. The average Bonchev–Trinajstić information content (AvgIpc) is 2.43. The van der Waals surface area contributed by atoms with Crippen LogP contribution >= 0.6 is 0 Å². The van der Waals surface area contributed by atoms with Crippen LogP contribution in [-0.4, -0.2) is 48.4 Å². The Morgan fingerprint density at radius 2 is 2.14 bits per heavy atom. The molecule has 2 unspecified atom stereocenters. The summed E-state index contributed by atoms with van der Waals surface area (Å²) in [5.74, 6) is -0.0848. The van der Waals surface area contributed by atoms with Crippen molar-refractivity contribution in [2.24, 2.45) is 0 Å². The Hall–Kier alpha value is -1.72. The monoisotopic (exact) mass is 290 g/mol. The predicted molar refractivity (Wildman–Crippen MR) is 81.5 cm³/mol. The second kappa shape index (κ2) is 6.83. The lowest BCUT2D eigenvalue weighted by atomic mass is 10.1. The van der Waals surface area contributed by atoms with Crippen molar-refractivity contribution in [3.05, 3.63) is 29.8 Å². The molecule has 1 aromatic carbocycles. The summed E-state index contributed by atoms with van der Waals surface area (Å²) < 4.78 is 5.55. The number of ketones is 1. The van der Waals surface area contributed by atoms with Crippen LogP contribution in [0.15, 0.2) is 24.3 Å². The van der Waals surface area contributed by atoms with Gasteiger partial charge < -0.3 is 10.1 Å². The summed E-state index contributed by atoms with van der Waals surface area (Å²) in [5, 5.41) is 2.85. The molecule has 1 aliphatic heterocycles. The van der Waals surface area contributed by atoms with Crippen molar-refractivity contribution in [2.75, 3.05) is 25.0 Å². The summed E-state index contributed by atoms with van der Waals surface area (Å²) in [6.07, 6.45) is 0.148. The number of morpholine rings is 1. The van der Waals surface area contributed by atoms with E-state index in [9.17, 15) is 9.59 Å². The lowest BCUT2D eigenvalue weighted by Crippen LogP contribution is -2.50. The number of nitrogens with one attached hydrogen (secondary N) is 1. The number of anilines is 1. The predicted octanol–water partition coefficient (Wildman–Crippen LogP) is 1.94. The molecule has 0 bridgehead atoms. The first-order chi connectivity index (χ1) is 9.95. The third-order valence-electron chi connectivity index (χ3n) is 3.64. The van der Waals surface area contributed by atoms with Gasteiger partial charge >= 0.3 is 0 Å². The molecule has 0 aromatic heterocycles. The Bertz CT molecular complexity index is 530. The zero-order chi connectivity index (χ0) is 15.4. The SMILES string of the molecule is CC(=O)c1cccc(NC(=O)CN2CC(C)OCC2C)c1. The molecule has 1 fully saturated rings. The van der Waals surface area contributed by atoms with E-state index in [4.69, 9.17) is 4.74 Å². The molecule has 1 N–H and O–H groups in total. The summed E-state index contributed by atoms with van der Waals surface area (Å²) in [7, 11) is 0. The molecule has 2 rings (SSSR count). The number of hydrogen-bond donors (Lipinski definition) is 1. The number of Topliss-reactive ketones (excluding diaryl/α,β-unsaturated/α-hetero) is 1. The second-order valence-corrected chi connectivity index (χ2v) is 5.61. The summed E-state index contributed by atoms with van der Waals surface area (Å²) >= 11 is 0. The van der Waals surface area contributed by atoms with E-state index in [1.54, 1.807) is 24.3 Å². The van der Waals surface area contributed by atoms with Gasteiger partial charge in [0.25, 0.3) is 0 Å². The number of carbonyl (C=O) groups excluding carboxylic acids is 2. The topological polar surface area (TPSA) is 58.6 Å². The van der Waals surface area contributed by atoms with Crippen molar-refractivity contribution in [2.45, 2.75) is 32.9 Å². The number of ether oxygens (including phenoxy) is 1. The summed E-state index contributed by atoms with van der Waals surface area (Å²) in [6, 6.07) is 7.23. The molecule has 1 aliphatic rings. The molecule has 5 heteroatoms. The fraction of sp³-hybridized carbons (Fsp3) is 0.500. The average molecular weight is 290 g/mol. The van der Waals surface area contributed by atoms with E-state index in [2.05, 4.69) is 17.1 Å². The minimum absolute atomic E-state index is 0.0123. The first-order valence-corrected chi connectivity index (χ1v) is 7.22. The van der Waals surface area contributed by atoms with Crippen molar-refractivity contribution in [1.29, 1.82) is 0 Å². The van der Waals surface area contributed by atoms with Gasteiger partial charge in [-0.2, -0.15) is 0 Å². The largest absolute Gasteiger partial charge is 0.376 e. The van der Waals surface area contributed by atoms with Gasteiger partial charge in [-0.25, -0.2) is 0 Å². The van der Waals surface area contributed by atoms with Crippen LogP contribution in [0.1, 0.15) is 31.1 Å². The van der Waals surface area contributed by atoms with Gasteiger partial charge in [0.05, 0.1) is 19.3 Å². The number of hydrogen-bond acceptors (Lipinski definition) is 4. The molecule has 0 aliphatic carbocycles. The smallest absolute Gasteiger partial charge is 0.238 e. The van der Waals surface area contributed by atoms with E-state index in [1.807, 2.05) is 6.92 Å². The van der Waals surface area contributed by atoms with Crippen LogP contribution in [0, 0.1) is 0 Å². The van der Waals surface area contributed by atoms with E-state index in [1.165, 1.54) is 6.92 Å². The maximum Gasteiger partial charge on any atom is 0.238 e. The van der Waals surface area contributed by atoms with Gasteiger partial charge in [-0.15, -0.1) is 0 Å². The first kappa shape index (κ1) is 15.7. The quantitative estimate of drug-likeness (QED) is 0.861. The molecular weight excluding hydrogens is 268 g/mol. The van der Waals surface area contributed by atoms with Crippen molar-refractivity contribution in [1.82, 2.24) is 4.90 Å². The molecule has 21 heavy (non-hydrogen) atoms. The molecule has 1 aromatic rings. The van der Waals surface area contributed by atoms with Crippen LogP contribution in [0.25, 0.3) is 0 Å². The molecule has 1 saturated heterocycles. The highest BCUT2D eigenvalue weighted by molar-refractivity contribution is 5.97. The van der Waals surface area contributed by atoms with Gasteiger partial charge in [0, 0.05) is 23.8 Å². The Labute approximate surface area is 125 Å². The van der Waals surface area contributed by atoms with E-state index in [-0.39, 0.29) is 23.8 Å². The number of rotatable bonds is 4. The Morgan fingerprint density at radius 3 is 2.86 bits per heavy atom. The lowest BCUT2D eigenvalue weighted by molar-refractivity contribution is -0.121. The molecule has 0 saturated carbocycles. The van der Waals surface area contributed by atoms with Crippen molar-refractivity contribution in [3.63, 3.8) is 0 Å². The molecule has 5 nitrogen and oxygen atoms in total. The van der Waals surface area contributed by atoms with Gasteiger partial charge in [0.15, 0.2) is 5.78 Å². The van der Waals surface area contributed by atoms with Gasteiger partial charge in [-0.05, 0) is 32.9 Å². The number of carbonyl (C=O) groups is 2. The Balaban J connectivity index is 1.95. The normalized spacial score (nSPS) is 22.8. The molecule has 114 valence electrons. The molecule has 2 atom stereocenters. The van der Waals surface area contributed by atoms with E-state index in [0.717, 1.165) is 6.54 Å². The number of amides is 1. The maximum atomic E-state index is 12.1. The first-order valence-electron chi connectivity index (χ1n) is 7.22. The lowest BCUT2D eigenvalue weighted by Gasteiger charge is -2.36. The van der Waals surface area contributed by atoms with Gasteiger partial charge in [0.2, 0.25) is 5.91 Å². The minimum atomic E-state index is -0.0725. The molecule has 1 amide bonds. The molecular formula is C16H22N2O3. The van der Waals surface area contributed by atoms with E-state index >= 15 is 0 Å². The standard InChI is InChI=1S/C16H22N2O3/c1-11-10-21-12(2)8-18(11)9-16(20)17-15-6-4-5-14(7-15)13(3)19/h4-7,11-12H,8-10H2,1-3H3,(H,17,20). The number of benzene rings is 1. The fourth-order valence-electron chi connectivity index (χ4n) is 2.39. The van der Waals surface area contributed by atoms with Crippen LogP contribution in [0.3, 0.4) is 0 Å². The second-order valence-electron chi connectivity index (χ2n) is 5.61.